The number of nitrogens with one attached hydrogen (secondary N) is 1. The first-order valence-corrected chi connectivity index (χ1v) is 5.32. The molecule has 3 heteroatoms. The molecule has 0 bridgehead atoms. The highest BCUT2D eigenvalue weighted by molar-refractivity contribution is 5.93. The first kappa shape index (κ1) is 10.9. The lowest BCUT2D eigenvalue weighted by atomic mass is 10.1. The Bertz CT molecular complexity index is 465. The van der Waals surface area contributed by atoms with Gasteiger partial charge in [0.05, 0.1) is 12.7 Å². The minimum Gasteiger partial charge on any atom is -0.394 e. The fraction of sp³-hybridized carbons (Fsp3) is 0.231. The van der Waals surface area contributed by atoms with E-state index in [1.54, 1.807) is 0 Å². The van der Waals surface area contributed by atoms with Gasteiger partial charge in [-0.25, -0.2) is 0 Å². The molecule has 2 rings (SSSR count). The maximum absolute atomic E-state index is 9.28. The summed E-state index contributed by atoms with van der Waals surface area (Å²) in [5.41, 5.74) is 0.977. The third-order valence-corrected chi connectivity index (χ3v) is 2.53. The number of hydrogen-bond donors (Lipinski definition) is 3. The predicted molar refractivity (Wildman–Crippen MR) is 65.5 cm³/mol. The van der Waals surface area contributed by atoms with Crippen molar-refractivity contribution in [2.24, 2.45) is 0 Å². The van der Waals surface area contributed by atoms with Gasteiger partial charge in [0.2, 0.25) is 0 Å². The quantitative estimate of drug-likeness (QED) is 0.729. The van der Waals surface area contributed by atoms with Crippen molar-refractivity contribution in [3.8, 4) is 0 Å². The van der Waals surface area contributed by atoms with Crippen LogP contribution in [0.2, 0.25) is 0 Å². The smallest absolute Gasteiger partial charge is 0.0942 e. The fourth-order valence-corrected chi connectivity index (χ4v) is 1.67. The minimum atomic E-state index is -0.723. The van der Waals surface area contributed by atoms with Gasteiger partial charge >= 0.3 is 0 Å². The molecule has 0 unspecified atom stereocenters. The van der Waals surface area contributed by atoms with E-state index in [1.807, 2.05) is 42.5 Å². The summed E-state index contributed by atoms with van der Waals surface area (Å²) < 4.78 is 0. The summed E-state index contributed by atoms with van der Waals surface area (Å²) >= 11 is 0. The largest absolute Gasteiger partial charge is 0.394 e. The molecule has 2 aromatic carbocycles. The number of fused-ring (bicyclic) bond motifs is 1. The lowest BCUT2D eigenvalue weighted by molar-refractivity contribution is 0.105. The van der Waals surface area contributed by atoms with Crippen molar-refractivity contribution in [3.05, 3.63) is 42.5 Å². The number of aliphatic hydroxyl groups excluding tert-OH is 2. The molecule has 0 aliphatic rings. The van der Waals surface area contributed by atoms with E-state index in [0.717, 1.165) is 16.5 Å². The van der Waals surface area contributed by atoms with Crippen molar-refractivity contribution < 1.29 is 10.2 Å². The number of aliphatic hydroxyl groups is 2. The lowest BCUT2D eigenvalue weighted by Gasteiger charge is -2.12. The average molecular weight is 217 g/mol. The molecule has 16 heavy (non-hydrogen) atoms. The summed E-state index contributed by atoms with van der Waals surface area (Å²) in [4.78, 5) is 0. The molecule has 0 spiro atoms. The molecule has 0 saturated carbocycles. The van der Waals surface area contributed by atoms with Crippen molar-refractivity contribution in [1.82, 2.24) is 0 Å². The van der Waals surface area contributed by atoms with E-state index in [2.05, 4.69) is 5.32 Å². The van der Waals surface area contributed by atoms with E-state index >= 15 is 0 Å². The molecule has 2 aromatic rings. The number of anilines is 1. The molecule has 0 aliphatic carbocycles. The summed E-state index contributed by atoms with van der Waals surface area (Å²) in [5.74, 6) is 0. The van der Waals surface area contributed by atoms with E-state index < -0.39 is 6.10 Å². The SMILES string of the molecule is OC[C@H](O)CNc1cccc2ccccc12. The van der Waals surface area contributed by atoms with Gasteiger partial charge in [-0.05, 0) is 11.5 Å². The van der Waals surface area contributed by atoms with Crippen LogP contribution in [0.1, 0.15) is 0 Å². The lowest BCUT2D eigenvalue weighted by Crippen LogP contribution is -2.22. The molecule has 1 atom stereocenters. The molecule has 0 amide bonds. The predicted octanol–water partition coefficient (Wildman–Crippen LogP) is 1.60. The zero-order valence-electron chi connectivity index (χ0n) is 8.93. The van der Waals surface area contributed by atoms with E-state index in [-0.39, 0.29) is 6.61 Å². The Hall–Kier alpha value is -1.58. The maximum Gasteiger partial charge on any atom is 0.0942 e. The molecule has 84 valence electrons. The van der Waals surface area contributed by atoms with Crippen LogP contribution in [0.3, 0.4) is 0 Å². The van der Waals surface area contributed by atoms with E-state index in [4.69, 9.17) is 5.11 Å². The van der Waals surface area contributed by atoms with E-state index in [0.29, 0.717) is 6.54 Å². The number of rotatable bonds is 4. The zero-order valence-corrected chi connectivity index (χ0v) is 8.93. The topological polar surface area (TPSA) is 52.5 Å². The van der Waals surface area contributed by atoms with Gasteiger partial charge in [-0.15, -0.1) is 0 Å². The molecule has 0 fully saturated rings. The Morgan fingerprint density at radius 1 is 1.06 bits per heavy atom. The van der Waals surface area contributed by atoms with Gasteiger partial charge in [0, 0.05) is 17.6 Å². The number of hydrogen-bond acceptors (Lipinski definition) is 3. The molecular weight excluding hydrogens is 202 g/mol. The first-order chi connectivity index (χ1) is 7.81. The highest BCUT2D eigenvalue weighted by atomic mass is 16.3. The van der Waals surface area contributed by atoms with Gasteiger partial charge in [0.1, 0.15) is 0 Å². The highest BCUT2D eigenvalue weighted by Gasteiger charge is 2.03. The summed E-state index contributed by atoms with van der Waals surface area (Å²) in [7, 11) is 0. The molecule has 0 heterocycles. The minimum absolute atomic E-state index is 0.224. The average Bonchev–Trinajstić information content (AvgIpc) is 2.35. The Kier molecular flexibility index (Phi) is 3.39. The van der Waals surface area contributed by atoms with Gasteiger partial charge in [-0.1, -0.05) is 36.4 Å². The second-order valence-electron chi connectivity index (χ2n) is 3.74. The Morgan fingerprint density at radius 2 is 1.81 bits per heavy atom. The van der Waals surface area contributed by atoms with Crippen LogP contribution in [-0.4, -0.2) is 29.5 Å². The molecule has 3 N–H and O–H groups in total. The Balaban J connectivity index is 2.23. The zero-order chi connectivity index (χ0) is 11.4. The fourth-order valence-electron chi connectivity index (χ4n) is 1.67. The second kappa shape index (κ2) is 4.96. The van der Waals surface area contributed by atoms with Crippen LogP contribution in [0.25, 0.3) is 10.8 Å². The Labute approximate surface area is 94.3 Å². The van der Waals surface area contributed by atoms with Crippen LogP contribution in [0.15, 0.2) is 42.5 Å². The third-order valence-electron chi connectivity index (χ3n) is 2.53. The molecule has 0 radical (unpaired) electrons. The van der Waals surface area contributed by atoms with Crippen LogP contribution in [0, 0.1) is 0 Å². The second-order valence-corrected chi connectivity index (χ2v) is 3.74. The summed E-state index contributed by atoms with van der Waals surface area (Å²) in [6.45, 7) is 0.127. The van der Waals surface area contributed by atoms with Crippen LogP contribution in [0.5, 0.6) is 0 Å². The van der Waals surface area contributed by atoms with Crippen molar-refractivity contribution in [3.63, 3.8) is 0 Å². The van der Waals surface area contributed by atoms with Gasteiger partial charge in [-0.2, -0.15) is 0 Å². The van der Waals surface area contributed by atoms with Crippen LogP contribution in [0.4, 0.5) is 5.69 Å². The van der Waals surface area contributed by atoms with Crippen LogP contribution >= 0.6 is 0 Å². The maximum atomic E-state index is 9.28. The summed E-state index contributed by atoms with van der Waals surface area (Å²) in [6.07, 6.45) is -0.723. The van der Waals surface area contributed by atoms with Crippen molar-refractivity contribution in [1.29, 1.82) is 0 Å². The Morgan fingerprint density at radius 3 is 2.62 bits per heavy atom. The van der Waals surface area contributed by atoms with Crippen LogP contribution in [-0.2, 0) is 0 Å². The summed E-state index contributed by atoms with van der Waals surface area (Å²) in [5, 5.41) is 23.4. The van der Waals surface area contributed by atoms with Gasteiger partial charge in [0.15, 0.2) is 0 Å². The van der Waals surface area contributed by atoms with Crippen molar-refractivity contribution >= 4 is 16.5 Å². The third kappa shape index (κ3) is 2.32. The van der Waals surface area contributed by atoms with Gasteiger partial charge in [-0.3, -0.25) is 0 Å². The van der Waals surface area contributed by atoms with Crippen LogP contribution < -0.4 is 5.32 Å². The monoisotopic (exact) mass is 217 g/mol. The van der Waals surface area contributed by atoms with Gasteiger partial charge < -0.3 is 15.5 Å². The first-order valence-electron chi connectivity index (χ1n) is 5.32. The van der Waals surface area contributed by atoms with E-state index in [1.165, 1.54) is 0 Å². The normalized spacial score (nSPS) is 12.6. The molecular formula is C13H15NO2. The van der Waals surface area contributed by atoms with Gasteiger partial charge in [0.25, 0.3) is 0 Å². The van der Waals surface area contributed by atoms with Crippen molar-refractivity contribution in [2.45, 2.75) is 6.10 Å². The molecule has 0 saturated heterocycles. The molecule has 3 nitrogen and oxygen atoms in total. The number of benzene rings is 2. The molecule has 0 aliphatic heterocycles. The van der Waals surface area contributed by atoms with E-state index in [9.17, 15) is 5.11 Å². The standard InChI is InChI=1S/C13H15NO2/c15-9-11(16)8-14-13-7-3-5-10-4-1-2-6-12(10)13/h1-7,11,14-16H,8-9H2/t11-/m1/s1. The summed E-state index contributed by atoms with van der Waals surface area (Å²) in [6, 6.07) is 14.0. The highest BCUT2D eigenvalue weighted by Crippen LogP contribution is 2.22. The van der Waals surface area contributed by atoms with Crippen molar-refractivity contribution in [2.75, 3.05) is 18.5 Å². The molecule has 0 aromatic heterocycles.